The molecule has 0 unspecified atom stereocenters. The first-order valence-electron chi connectivity index (χ1n) is 4.53. The first-order valence-corrected chi connectivity index (χ1v) is 6.16. The van der Waals surface area contributed by atoms with E-state index in [0.29, 0.717) is 0 Å². The second-order valence-corrected chi connectivity index (χ2v) is 5.32. The van der Waals surface area contributed by atoms with Crippen molar-refractivity contribution in [2.24, 2.45) is 0 Å². The van der Waals surface area contributed by atoms with Crippen LogP contribution < -0.4 is 0 Å². The van der Waals surface area contributed by atoms with Gasteiger partial charge in [-0.05, 0) is 24.3 Å². The summed E-state index contributed by atoms with van der Waals surface area (Å²) in [4.78, 5) is 4.68. The first kappa shape index (κ1) is 9.19. The highest BCUT2D eigenvalue weighted by Gasteiger charge is 2.16. The summed E-state index contributed by atoms with van der Waals surface area (Å²) in [6.07, 6.45) is 0. The van der Waals surface area contributed by atoms with E-state index in [2.05, 4.69) is 18.2 Å². The number of hydrogen-bond donors (Lipinski definition) is 1. The highest BCUT2D eigenvalue weighted by Crippen LogP contribution is 2.48. The van der Waals surface area contributed by atoms with E-state index in [9.17, 15) is 5.11 Å². The smallest absolute Gasteiger partial charge is 0.124 e. The predicted molar refractivity (Wildman–Crippen MR) is 61.6 cm³/mol. The number of benzene rings is 2. The minimum atomic E-state index is 0.209. The number of fused-ring (bicyclic) bond motifs is 2. The van der Waals surface area contributed by atoms with Gasteiger partial charge in [0.2, 0.25) is 0 Å². The van der Waals surface area contributed by atoms with Crippen LogP contribution in [0.3, 0.4) is 0 Å². The van der Waals surface area contributed by atoms with Gasteiger partial charge in [0, 0.05) is 25.6 Å². The van der Waals surface area contributed by atoms with Crippen molar-refractivity contribution in [3.63, 3.8) is 0 Å². The van der Waals surface area contributed by atoms with Crippen LogP contribution in [-0.2, 0) is 0 Å². The molecule has 1 aliphatic rings. The quantitative estimate of drug-likeness (QED) is 0.635. The van der Waals surface area contributed by atoms with E-state index in [1.54, 1.807) is 29.6 Å². The Balaban J connectivity index is 2.11. The van der Waals surface area contributed by atoms with Crippen molar-refractivity contribution in [2.75, 3.05) is 0 Å². The molecule has 0 spiro atoms. The number of aromatic hydroxyl groups is 1. The largest absolute Gasteiger partial charge is 0.507 e. The van der Waals surface area contributed by atoms with E-state index in [4.69, 9.17) is 0 Å². The van der Waals surface area contributed by atoms with E-state index >= 15 is 0 Å². The third-order valence-corrected chi connectivity index (χ3v) is 4.64. The van der Waals surface area contributed by atoms with Gasteiger partial charge < -0.3 is 5.11 Å². The number of hydrogen-bond acceptors (Lipinski definition) is 3. The standard InChI is InChI=1S/C12H7OS2/c13-8-5-6-11-12(7-8)15-10-4-2-1-3-9(10)14-11/h1-6,13H. The van der Waals surface area contributed by atoms with E-state index in [-0.39, 0.29) is 5.75 Å². The summed E-state index contributed by atoms with van der Waals surface area (Å²) in [5.74, 6) is 0.209. The maximum absolute atomic E-state index is 9.36. The van der Waals surface area contributed by atoms with E-state index in [0.717, 1.165) is 9.79 Å². The molecule has 1 N–H and O–H groups in total. The third-order valence-electron chi connectivity index (χ3n) is 2.14. The van der Waals surface area contributed by atoms with Crippen LogP contribution in [0, 0.1) is 6.07 Å². The van der Waals surface area contributed by atoms with Crippen LogP contribution in [0.25, 0.3) is 0 Å². The van der Waals surface area contributed by atoms with Crippen LogP contribution >= 0.6 is 23.5 Å². The molecule has 0 bridgehead atoms. The zero-order chi connectivity index (χ0) is 10.3. The minimum Gasteiger partial charge on any atom is -0.507 e. The van der Waals surface area contributed by atoms with Gasteiger partial charge >= 0.3 is 0 Å². The molecule has 0 saturated carbocycles. The minimum absolute atomic E-state index is 0.209. The Morgan fingerprint density at radius 3 is 2.40 bits per heavy atom. The molecule has 1 nitrogen and oxygen atoms in total. The van der Waals surface area contributed by atoms with Gasteiger partial charge in [0.25, 0.3) is 0 Å². The Kier molecular flexibility index (Phi) is 2.15. The predicted octanol–water partition coefficient (Wildman–Crippen LogP) is 3.81. The monoisotopic (exact) mass is 231 g/mol. The zero-order valence-corrected chi connectivity index (χ0v) is 9.36. The summed E-state index contributed by atoms with van der Waals surface area (Å²) >= 11 is 3.39. The molecule has 0 saturated heterocycles. The molecular weight excluding hydrogens is 224 g/mol. The lowest BCUT2D eigenvalue weighted by molar-refractivity contribution is 0.471. The topological polar surface area (TPSA) is 20.2 Å². The second-order valence-electron chi connectivity index (χ2n) is 3.19. The van der Waals surface area contributed by atoms with Crippen molar-refractivity contribution in [3.8, 4) is 5.75 Å². The Bertz CT molecular complexity index is 523. The summed E-state index contributed by atoms with van der Waals surface area (Å²) in [7, 11) is 0. The van der Waals surface area contributed by atoms with Gasteiger partial charge in [0.1, 0.15) is 5.75 Å². The molecule has 3 heteroatoms. The summed E-state index contributed by atoms with van der Waals surface area (Å²) in [5.41, 5.74) is 0. The van der Waals surface area contributed by atoms with Crippen LogP contribution in [0.2, 0.25) is 0 Å². The molecule has 0 aliphatic carbocycles. The fourth-order valence-electron chi connectivity index (χ4n) is 1.45. The van der Waals surface area contributed by atoms with E-state index in [1.165, 1.54) is 9.79 Å². The second kappa shape index (κ2) is 3.51. The lowest BCUT2D eigenvalue weighted by Crippen LogP contribution is -1.88. The lowest BCUT2D eigenvalue weighted by atomic mass is 10.3. The van der Waals surface area contributed by atoms with Crippen molar-refractivity contribution in [1.82, 2.24) is 0 Å². The van der Waals surface area contributed by atoms with Gasteiger partial charge in [-0.1, -0.05) is 35.7 Å². The van der Waals surface area contributed by atoms with E-state index < -0.39 is 0 Å². The molecule has 0 atom stereocenters. The fourth-order valence-corrected chi connectivity index (χ4v) is 3.64. The molecule has 73 valence electrons. The highest BCUT2D eigenvalue weighted by molar-refractivity contribution is 8.05. The SMILES string of the molecule is Oc1[c]c2c(cc1)Sc1ccccc1S2. The van der Waals surface area contributed by atoms with Gasteiger partial charge in [-0.2, -0.15) is 0 Å². The molecule has 15 heavy (non-hydrogen) atoms. The zero-order valence-electron chi connectivity index (χ0n) is 7.73. The van der Waals surface area contributed by atoms with Crippen molar-refractivity contribution in [2.45, 2.75) is 19.6 Å². The number of phenols is 1. The van der Waals surface area contributed by atoms with Crippen molar-refractivity contribution in [3.05, 3.63) is 42.5 Å². The summed E-state index contributed by atoms with van der Waals surface area (Å²) in [5, 5.41) is 9.36. The van der Waals surface area contributed by atoms with Gasteiger partial charge in [0.15, 0.2) is 0 Å². The normalized spacial score (nSPS) is 13.1. The van der Waals surface area contributed by atoms with Crippen LogP contribution in [0.1, 0.15) is 0 Å². The van der Waals surface area contributed by atoms with Crippen LogP contribution in [0.5, 0.6) is 5.75 Å². The third kappa shape index (κ3) is 1.62. The Morgan fingerprint density at radius 1 is 0.867 bits per heavy atom. The molecule has 0 aromatic heterocycles. The lowest BCUT2D eigenvalue weighted by Gasteiger charge is -2.17. The maximum Gasteiger partial charge on any atom is 0.124 e. The Morgan fingerprint density at radius 2 is 1.60 bits per heavy atom. The average Bonchev–Trinajstić information content (AvgIpc) is 2.26. The van der Waals surface area contributed by atoms with Crippen LogP contribution in [-0.4, -0.2) is 5.11 Å². The molecule has 2 aromatic rings. The van der Waals surface area contributed by atoms with Crippen LogP contribution in [0.4, 0.5) is 0 Å². The highest BCUT2D eigenvalue weighted by atomic mass is 32.2. The summed E-state index contributed by atoms with van der Waals surface area (Å²) in [6, 6.07) is 14.9. The molecular formula is C12H7OS2. The van der Waals surface area contributed by atoms with Gasteiger partial charge in [0.05, 0.1) is 0 Å². The molecule has 1 radical (unpaired) electrons. The van der Waals surface area contributed by atoms with Gasteiger partial charge in [-0.25, -0.2) is 0 Å². The molecule has 3 rings (SSSR count). The average molecular weight is 231 g/mol. The molecule has 2 aromatic carbocycles. The molecule has 0 fully saturated rings. The van der Waals surface area contributed by atoms with Crippen molar-refractivity contribution in [1.29, 1.82) is 0 Å². The summed E-state index contributed by atoms with van der Waals surface area (Å²) < 4.78 is 0. The van der Waals surface area contributed by atoms with Crippen LogP contribution in [0.15, 0.2) is 56.0 Å². The Hall–Kier alpha value is -1.06. The van der Waals surface area contributed by atoms with Gasteiger partial charge in [-0.3, -0.25) is 0 Å². The number of phenolic OH excluding ortho intramolecular Hbond substituents is 1. The van der Waals surface area contributed by atoms with Crippen molar-refractivity contribution >= 4 is 23.5 Å². The molecule has 0 amide bonds. The molecule has 1 heterocycles. The summed E-state index contributed by atoms with van der Waals surface area (Å²) in [6.45, 7) is 0. The van der Waals surface area contributed by atoms with E-state index in [1.807, 2.05) is 18.2 Å². The molecule has 1 aliphatic heterocycles. The number of rotatable bonds is 0. The first-order chi connectivity index (χ1) is 7.33. The Labute approximate surface area is 96.5 Å². The van der Waals surface area contributed by atoms with Crippen molar-refractivity contribution < 1.29 is 5.11 Å². The van der Waals surface area contributed by atoms with Gasteiger partial charge in [-0.15, -0.1) is 0 Å². The maximum atomic E-state index is 9.36. The fraction of sp³-hybridized carbons (Fsp3) is 0.